The van der Waals surface area contributed by atoms with Gasteiger partial charge >= 0.3 is 7.60 Å². The molecular formula is C16H19FN3O3P. The third-order valence-corrected chi connectivity index (χ3v) is 3.98. The van der Waals surface area contributed by atoms with E-state index in [1.165, 1.54) is 24.4 Å². The number of nitrogens with zero attached hydrogens (tertiary/aromatic N) is 3. The van der Waals surface area contributed by atoms with Gasteiger partial charge in [-0.05, 0) is 44.2 Å². The first-order chi connectivity index (χ1) is 11.2. The number of benzene rings is 1. The molecule has 0 unspecified atom stereocenters. The van der Waals surface area contributed by atoms with Crippen molar-refractivity contribution in [1.29, 1.82) is 0 Å². The number of halogens is 1. The minimum atomic E-state index is -4.27. The lowest BCUT2D eigenvalue weighted by molar-refractivity contribution is 0.386. The minimum absolute atomic E-state index is 0.125. The molecule has 2 rings (SSSR count). The van der Waals surface area contributed by atoms with E-state index in [2.05, 4.69) is 9.97 Å². The standard InChI is InChI=1S/C16H19FN3O3P/c1-11(2)20(3)16-15(12-4-6-13(17)7-5-12)18-10-14(19-16)8-9-24(21,22)23/h4-11H,1-3H3,(H2,21,22,23)/b9-8+. The fourth-order valence-corrected chi connectivity index (χ4v) is 2.30. The average Bonchev–Trinajstić information content (AvgIpc) is 2.52. The molecule has 1 aromatic heterocycles. The molecule has 0 aliphatic rings. The molecule has 8 heteroatoms. The van der Waals surface area contributed by atoms with Gasteiger partial charge in [-0.25, -0.2) is 9.37 Å². The molecule has 0 saturated heterocycles. The molecule has 0 fully saturated rings. The first kappa shape index (κ1) is 18.3. The Morgan fingerprint density at radius 2 is 1.88 bits per heavy atom. The number of hydrogen-bond donors (Lipinski definition) is 2. The molecule has 6 nitrogen and oxygen atoms in total. The van der Waals surface area contributed by atoms with Gasteiger partial charge in [-0.1, -0.05) is 0 Å². The van der Waals surface area contributed by atoms with E-state index < -0.39 is 7.60 Å². The Labute approximate surface area is 139 Å². The monoisotopic (exact) mass is 351 g/mol. The van der Waals surface area contributed by atoms with Crippen LogP contribution in [0, 0.1) is 5.82 Å². The van der Waals surface area contributed by atoms with Crippen molar-refractivity contribution >= 4 is 19.5 Å². The molecule has 1 heterocycles. The van der Waals surface area contributed by atoms with E-state index in [9.17, 15) is 8.96 Å². The highest BCUT2D eigenvalue weighted by Gasteiger charge is 2.16. The zero-order chi connectivity index (χ0) is 17.9. The van der Waals surface area contributed by atoms with Crippen molar-refractivity contribution in [2.75, 3.05) is 11.9 Å². The van der Waals surface area contributed by atoms with Crippen LogP contribution in [0.2, 0.25) is 0 Å². The predicted molar refractivity (Wildman–Crippen MR) is 92.0 cm³/mol. The van der Waals surface area contributed by atoms with Crippen LogP contribution in [0.3, 0.4) is 0 Å². The molecule has 0 aliphatic carbocycles. The Morgan fingerprint density at radius 1 is 1.25 bits per heavy atom. The maximum atomic E-state index is 13.1. The van der Waals surface area contributed by atoms with E-state index in [0.717, 1.165) is 5.82 Å². The number of aromatic nitrogens is 2. The van der Waals surface area contributed by atoms with Crippen LogP contribution in [-0.2, 0) is 4.57 Å². The average molecular weight is 351 g/mol. The largest absolute Gasteiger partial charge is 0.355 e. The first-order valence-corrected chi connectivity index (χ1v) is 8.96. The molecule has 0 radical (unpaired) electrons. The zero-order valence-electron chi connectivity index (χ0n) is 13.6. The summed E-state index contributed by atoms with van der Waals surface area (Å²) in [7, 11) is -2.42. The molecule has 1 aromatic carbocycles. The third kappa shape index (κ3) is 4.71. The van der Waals surface area contributed by atoms with Crippen LogP contribution in [0.5, 0.6) is 0 Å². The molecule has 128 valence electrons. The summed E-state index contributed by atoms with van der Waals surface area (Å²) >= 11 is 0. The van der Waals surface area contributed by atoms with Crippen LogP contribution in [0.1, 0.15) is 19.5 Å². The van der Waals surface area contributed by atoms with Crippen molar-refractivity contribution in [2.45, 2.75) is 19.9 Å². The summed E-state index contributed by atoms with van der Waals surface area (Å²) in [6.07, 6.45) is 2.66. The predicted octanol–water partition coefficient (Wildman–Crippen LogP) is 3.28. The number of rotatable bonds is 5. The Hall–Kier alpha value is -2.08. The molecule has 24 heavy (non-hydrogen) atoms. The van der Waals surface area contributed by atoms with Gasteiger partial charge in [0.1, 0.15) is 11.5 Å². The Morgan fingerprint density at radius 3 is 2.42 bits per heavy atom. The fraction of sp³-hybridized carbons (Fsp3) is 0.250. The zero-order valence-corrected chi connectivity index (χ0v) is 14.5. The van der Waals surface area contributed by atoms with Crippen molar-refractivity contribution in [3.05, 3.63) is 47.8 Å². The summed E-state index contributed by atoms with van der Waals surface area (Å²) in [5, 5.41) is 0. The molecule has 0 atom stereocenters. The van der Waals surface area contributed by atoms with Crippen molar-refractivity contribution in [3.8, 4) is 11.3 Å². The lowest BCUT2D eigenvalue weighted by Gasteiger charge is -2.25. The third-order valence-electron chi connectivity index (χ3n) is 3.44. The number of anilines is 1. The Balaban J connectivity index is 2.52. The Bertz CT molecular complexity index is 788. The second-order valence-corrected chi connectivity index (χ2v) is 7.06. The summed E-state index contributed by atoms with van der Waals surface area (Å²) < 4.78 is 24.1. The van der Waals surface area contributed by atoms with Crippen molar-refractivity contribution in [3.63, 3.8) is 0 Å². The summed E-state index contributed by atoms with van der Waals surface area (Å²) in [4.78, 5) is 28.5. The molecule has 0 saturated carbocycles. The van der Waals surface area contributed by atoms with Gasteiger partial charge in [0.05, 0.1) is 11.9 Å². The first-order valence-electron chi connectivity index (χ1n) is 7.27. The maximum Gasteiger partial charge on any atom is 0.349 e. The van der Waals surface area contributed by atoms with Crippen LogP contribution < -0.4 is 4.90 Å². The molecule has 0 aliphatic heterocycles. The molecule has 0 spiro atoms. The fourth-order valence-electron chi connectivity index (χ4n) is 1.95. The van der Waals surface area contributed by atoms with E-state index >= 15 is 0 Å². The van der Waals surface area contributed by atoms with E-state index in [1.807, 2.05) is 25.8 Å². The quantitative estimate of drug-likeness (QED) is 0.804. The van der Waals surface area contributed by atoms with Gasteiger partial charge in [0.2, 0.25) is 0 Å². The lowest BCUT2D eigenvalue weighted by atomic mass is 10.1. The Kier molecular flexibility index (Phi) is 5.49. The molecule has 0 amide bonds. The van der Waals surface area contributed by atoms with E-state index in [-0.39, 0.29) is 11.9 Å². The molecule has 2 N–H and O–H groups in total. The van der Waals surface area contributed by atoms with Crippen LogP contribution >= 0.6 is 7.60 Å². The van der Waals surface area contributed by atoms with Gasteiger partial charge in [0.15, 0.2) is 5.82 Å². The highest BCUT2D eigenvalue weighted by molar-refractivity contribution is 7.55. The summed E-state index contributed by atoms with van der Waals surface area (Å²) in [5.74, 6) is 0.990. The van der Waals surface area contributed by atoms with Crippen LogP contribution in [0.25, 0.3) is 17.3 Å². The second-order valence-electron chi connectivity index (χ2n) is 5.58. The SMILES string of the molecule is CC(C)N(C)c1nc(/C=C/P(=O)(O)O)cnc1-c1ccc(F)cc1. The van der Waals surface area contributed by atoms with Gasteiger partial charge in [0.25, 0.3) is 0 Å². The van der Waals surface area contributed by atoms with E-state index in [0.29, 0.717) is 22.8 Å². The molecule has 2 aromatic rings. The summed E-state index contributed by atoms with van der Waals surface area (Å²) in [6.45, 7) is 3.96. The summed E-state index contributed by atoms with van der Waals surface area (Å²) in [5.41, 5.74) is 1.60. The normalized spacial score (nSPS) is 12.1. The van der Waals surface area contributed by atoms with Crippen LogP contribution in [0.15, 0.2) is 36.3 Å². The topological polar surface area (TPSA) is 86.6 Å². The van der Waals surface area contributed by atoms with Crippen molar-refractivity contribution in [1.82, 2.24) is 9.97 Å². The van der Waals surface area contributed by atoms with Gasteiger partial charge in [-0.15, -0.1) is 0 Å². The second kappa shape index (κ2) is 7.21. The van der Waals surface area contributed by atoms with Crippen LogP contribution in [-0.4, -0.2) is 32.8 Å². The van der Waals surface area contributed by atoms with Gasteiger partial charge in [0, 0.05) is 24.5 Å². The minimum Gasteiger partial charge on any atom is -0.355 e. The number of hydrogen-bond acceptors (Lipinski definition) is 4. The highest BCUT2D eigenvalue weighted by Crippen LogP contribution is 2.37. The summed E-state index contributed by atoms with van der Waals surface area (Å²) in [6, 6.07) is 6.04. The highest BCUT2D eigenvalue weighted by atomic mass is 31.2. The van der Waals surface area contributed by atoms with E-state index in [1.54, 1.807) is 12.1 Å². The smallest absolute Gasteiger partial charge is 0.349 e. The molecule has 0 bridgehead atoms. The lowest BCUT2D eigenvalue weighted by Crippen LogP contribution is -2.27. The van der Waals surface area contributed by atoms with Crippen molar-refractivity contribution < 1.29 is 18.7 Å². The van der Waals surface area contributed by atoms with Gasteiger partial charge in [-0.3, -0.25) is 9.55 Å². The molecular weight excluding hydrogens is 332 g/mol. The maximum absolute atomic E-state index is 13.1. The van der Waals surface area contributed by atoms with Gasteiger partial charge in [-0.2, -0.15) is 0 Å². The van der Waals surface area contributed by atoms with E-state index in [4.69, 9.17) is 9.79 Å². The van der Waals surface area contributed by atoms with Gasteiger partial charge < -0.3 is 14.7 Å². The van der Waals surface area contributed by atoms with Crippen molar-refractivity contribution in [2.24, 2.45) is 0 Å². The van der Waals surface area contributed by atoms with Crippen LogP contribution in [0.4, 0.5) is 10.2 Å².